The van der Waals surface area contributed by atoms with Crippen LogP contribution in [-0.2, 0) is 6.18 Å². The third-order valence-corrected chi connectivity index (χ3v) is 3.39. The van der Waals surface area contributed by atoms with Crippen molar-refractivity contribution in [2.45, 2.75) is 6.18 Å². The lowest BCUT2D eigenvalue weighted by molar-refractivity contribution is -0.385. The summed E-state index contributed by atoms with van der Waals surface area (Å²) in [4.78, 5) is 23.6. The second-order valence-corrected chi connectivity index (χ2v) is 5.12. The molecule has 0 amide bonds. The number of halogens is 3. The quantitative estimate of drug-likeness (QED) is 0.353. The second-order valence-electron chi connectivity index (χ2n) is 5.12. The molecule has 0 fully saturated rings. The van der Waals surface area contributed by atoms with Crippen molar-refractivity contribution in [1.82, 2.24) is 15.2 Å². The number of nitrogens with one attached hydrogen (secondary N) is 1. The highest BCUT2D eigenvalue weighted by atomic mass is 19.4. The number of aromatic hydroxyl groups is 2. The van der Waals surface area contributed by atoms with Crippen LogP contribution in [0.5, 0.6) is 11.5 Å². The van der Waals surface area contributed by atoms with Gasteiger partial charge in [0.1, 0.15) is 11.3 Å². The summed E-state index contributed by atoms with van der Waals surface area (Å²) >= 11 is 0. The number of phenolic OH excluding ortho intramolecular Hbond substituents is 2. The van der Waals surface area contributed by atoms with Gasteiger partial charge in [-0.05, 0) is 6.07 Å². The summed E-state index contributed by atoms with van der Waals surface area (Å²) in [6, 6.07) is 2.43. The zero-order valence-corrected chi connectivity index (χ0v) is 12.8. The van der Waals surface area contributed by atoms with E-state index in [2.05, 4.69) is 10.2 Å². The zero-order valence-electron chi connectivity index (χ0n) is 12.8. The van der Waals surface area contributed by atoms with Gasteiger partial charge >= 0.3 is 11.9 Å². The Morgan fingerprint density at radius 1 is 1.19 bits per heavy atom. The molecule has 0 spiro atoms. The molecule has 3 aromatic rings. The molecule has 0 saturated heterocycles. The molecule has 3 rings (SSSR count). The largest absolute Gasteiger partial charge is 0.504 e. The van der Waals surface area contributed by atoms with Crippen molar-refractivity contribution in [3.05, 3.63) is 50.4 Å². The fourth-order valence-corrected chi connectivity index (χ4v) is 2.22. The van der Waals surface area contributed by atoms with Crippen LogP contribution in [-0.4, -0.2) is 30.3 Å². The molecule has 27 heavy (non-hydrogen) atoms. The molecule has 2 aromatic heterocycles. The maximum Gasteiger partial charge on any atom is 0.432 e. The van der Waals surface area contributed by atoms with E-state index in [0.717, 1.165) is 24.4 Å². The summed E-state index contributed by atoms with van der Waals surface area (Å²) in [6.45, 7) is 0. The van der Waals surface area contributed by atoms with Gasteiger partial charge in [-0.15, -0.1) is 10.2 Å². The molecular formula is C14H7F3N4O6. The molecule has 10 nitrogen and oxygen atoms in total. The van der Waals surface area contributed by atoms with E-state index in [1.807, 2.05) is 4.98 Å². The van der Waals surface area contributed by atoms with Gasteiger partial charge in [0.25, 0.3) is 5.89 Å². The molecule has 140 valence electrons. The number of hydrogen-bond acceptors (Lipinski definition) is 8. The lowest BCUT2D eigenvalue weighted by Gasteiger charge is -2.08. The Morgan fingerprint density at radius 2 is 1.85 bits per heavy atom. The lowest BCUT2D eigenvalue weighted by atomic mass is 10.1. The monoisotopic (exact) mass is 384 g/mol. The predicted octanol–water partition coefficient (Wildman–Crippen LogP) is 2.43. The summed E-state index contributed by atoms with van der Waals surface area (Å²) in [5, 5.41) is 36.7. The van der Waals surface area contributed by atoms with Crippen molar-refractivity contribution in [2.24, 2.45) is 0 Å². The molecule has 0 saturated carbocycles. The Hall–Kier alpha value is -3.90. The van der Waals surface area contributed by atoms with Crippen LogP contribution in [0.25, 0.3) is 22.9 Å². The van der Waals surface area contributed by atoms with Crippen molar-refractivity contribution in [3.8, 4) is 34.4 Å². The molecule has 0 aliphatic carbocycles. The number of aromatic nitrogens is 3. The summed E-state index contributed by atoms with van der Waals surface area (Å²) in [6.07, 6.45) is -4.12. The normalized spacial score (nSPS) is 11.5. The van der Waals surface area contributed by atoms with E-state index < -0.39 is 56.8 Å². The van der Waals surface area contributed by atoms with Crippen molar-refractivity contribution in [2.75, 3.05) is 0 Å². The molecule has 3 N–H and O–H groups in total. The highest BCUT2D eigenvalue weighted by molar-refractivity contribution is 5.68. The van der Waals surface area contributed by atoms with Crippen LogP contribution in [0.2, 0.25) is 0 Å². The van der Waals surface area contributed by atoms with Gasteiger partial charge in [0, 0.05) is 23.9 Å². The highest BCUT2D eigenvalue weighted by Gasteiger charge is 2.37. The van der Waals surface area contributed by atoms with Crippen LogP contribution in [0.4, 0.5) is 18.9 Å². The smallest absolute Gasteiger partial charge is 0.432 e. The number of alkyl halides is 3. The molecule has 0 aliphatic heterocycles. The van der Waals surface area contributed by atoms with Gasteiger partial charge in [0.15, 0.2) is 11.2 Å². The van der Waals surface area contributed by atoms with Crippen LogP contribution >= 0.6 is 0 Å². The first-order valence-electron chi connectivity index (χ1n) is 6.93. The molecule has 13 heteroatoms. The van der Waals surface area contributed by atoms with Crippen molar-refractivity contribution < 1.29 is 32.7 Å². The van der Waals surface area contributed by atoms with E-state index in [-0.39, 0.29) is 5.56 Å². The minimum atomic E-state index is -4.92. The third-order valence-electron chi connectivity index (χ3n) is 3.39. The Kier molecular flexibility index (Phi) is 4.06. The van der Waals surface area contributed by atoms with Crippen LogP contribution in [0, 0.1) is 10.1 Å². The first kappa shape index (κ1) is 17.9. The van der Waals surface area contributed by atoms with Crippen molar-refractivity contribution in [1.29, 1.82) is 0 Å². The number of nitrogens with zero attached hydrogens (tertiary/aromatic N) is 3. The van der Waals surface area contributed by atoms with E-state index in [1.165, 1.54) is 0 Å². The van der Waals surface area contributed by atoms with Crippen LogP contribution in [0.15, 0.2) is 33.6 Å². The first-order valence-corrected chi connectivity index (χ1v) is 6.93. The molecule has 1 aromatic carbocycles. The highest BCUT2D eigenvalue weighted by Crippen LogP contribution is 2.40. The summed E-state index contributed by atoms with van der Waals surface area (Å²) in [5.41, 5.74) is -4.53. The third kappa shape index (κ3) is 3.17. The summed E-state index contributed by atoms with van der Waals surface area (Å²) in [5.74, 6) is -3.19. The van der Waals surface area contributed by atoms with Crippen LogP contribution < -0.4 is 5.43 Å². The van der Waals surface area contributed by atoms with E-state index in [4.69, 9.17) is 4.42 Å². The van der Waals surface area contributed by atoms with Crippen LogP contribution in [0.3, 0.4) is 0 Å². The topological polar surface area (TPSA) is 155 Å². The average Bonchev–Trinajstić information content (AvgIpc) is 3.05. The minimum absolute atomic E-state index is 0.253. The molecule has 0 bridgehead atoms. The van der Waals surface area contributed by atoms with Crippen molar-refractivity contribution in [3.63, 3.8) is 0 Å². The van der Waals surface area contributed by atoms with Crippen molar-refractivity contribution >= 4 is 5.69 Å². The van der Waals surface area contributed by atoms with Gasteiger partial charge in [-0.25, -0.2) is 0 Å². The van der Waals surface area contributed by atoms with Crippen LogP contribution in [0.1, 0.15) is 5.69 Å². The first-order chi connectivity index (χ1) is 12.6. The van der Waals surface area contributed by atoms with Gasteiger partial charge in [0.2, 0.25) is 11.6 Å². The number of benzene rings is 1. The Labute approximate surface area is 145 Å². The van der Waals surface area contributed by atoms with E-state index in [1.54, 1.807) is 0 Å². The molecule has 0 unspecified atom stereocenters. The molecule has 0 radical (unpaired) electrons. The Balaban J connectivity index is 2.16. The second kappa shape index (κ2) is 6.12. The van der Waals surface area contributed by atoms with Gasteiger partial charge in [-0.1, -0.05) is 0 Å². The number of pyridine rings is 1. The number of hydrogen-bond donors (Lipinski definition) is 3. The van der Waals surface area contributed by atoms with Gasteiger partial charge < -0.3 is 19.6 Å². The zero-order chi connectivity index (χ0) is 19.9. The van der Waals surface area contributed by atoms with Gasteiger partial charge in [-0.2, -0.15) is 13.2 Å². The maximum atomic E-state index is 13.1. The number of aromatic amines is 1. The number of phenols is 2. The number of nitro groups is 1. The van der Waals surface area contributed by atoms with Gasteiger partial charge in [-0.3, -0.25) is 14.9 Å². The molecule has 0 aliphatic rings. The number of rotatable bonds is 3. The van der Waals surface area contributed by atoms with E-state index in [9.17, 15) is 38.3 Å². The maximum absolute atomic E-state index is 13.1. The Bertz CT molecular complexity index is 1100. The summed E-state index contributed by atoms with van der Waals surface area (Å²) in [7, 11) is 0. The standard InChI is InChI=1S/C14H7F3N4O6/c15-14(16,17)11-9(7(22)1-2-18-11)13-20-19-12(27-13)5-3-6(21(25)26)10(24)8(23)4-5/h1-4,23-24H,(H,18,22). The van der Waals surface area contributed by atoms with Gasteiger partial charge in [0.05, 0.1) is 4.92 Å². The molecule has 2 heterocycles. The minimum Gasteiger partial charge on any atom is -0.504 e. The molecular weight excluding hydrogens is 377 g/mol. The fourth-order valence-electron chi connectivity index (χ4n) is 2.22. The predicted molar refractivity (Wildman–Crippen MR) is 80.8 cm³/mol. The average molecular weight is 384 g/mol. The fraction of sp³-hybridized carbons (Fsp3) is 0.0714. The lowest BCUT2D eigenvalue weighted by Crippen LogP contribution is -2.17. The Morgan fingerprint density at radius 3 is 2.48 bits per heavy atom. The molecule has 0 atom stereocenters. The SMILES string of the molecule is O=c1cc[nH]c(C(F)(F)F)c1-c1nnc(-c2cc(O)c(O)c([N+](=O)[O-])c2)o1. The van der Waals surface area contributed by atoms with E-state index >= 15 is 0 Å². The number of H-pyrrole nitrogens is 1. The van der Waals surface area contributed by atoms with E-state index in [0.29, 0.717) is 0 Å². The number of nitro benzene ring substituents is 1. The summed E-state index contributed by atoms with van der Waals surface area (Å²) < 4.78 is 44.3.